The van der Waals surface area contributed by atoms with Crippen molar-refractivity contribution < 1.29 is 28.6 Å². The Labute approximate surface area is 310 Å². The van der Waals surface area contributed by atoms with Crippen molar-refractivity contribution in [2.75, 3.05) is 13.2 Å². The van der Waals surface area contributed by atoms with E-state index in [9.17, 15) is 14.4 Å². The molecular formula is C44H82O6. The molecule has 0 saturated carbocycles. The minimum absolute atomic E-state index is 0.0702. The maximum absolute atomic E-state index is 12.6. The molecule has 0 aromatic rings. The van der Waals surface area contributed by atoms with Crippen molar-refractivity contribution in [1.82, 2.24) is 0 Å². The van der Waals surface area contributed by atoms with Crippen molar-refractivity contribution in [2.45, 2.75) is 239 Å². The van der Waals surface area contributed by atoms with Crippen LogP contribution in [0.3, 0.4) is 0 Å². The van der Waals surface area contributed by atoms with Crippen LogP contribution < -0.4 is 0 Å². The van der Waals surface area contributed by atoms with Gasteiger partial charge >= 0.3 is 17.9 Å². The fourth-order valence-electron chi connectivity index (χ4n) is 6.20. The monoisotopic (exact) mass is 707 g/mol. The summed E-state index contributed by atoms with van der Waals surface area (Å²) in [6, 6.07) is 0. The third-order valence-electron chi connectivity index (χ3n) is 9.52. The molecule has 0 spiro atoms. The molecule has 0 N–H and O–H groups in total. The van der Waals surface area contributed by atoms with Crippen LogP contribution in [0, 0.1) is 0 Å². The molecule has 294 valence electrons. The quantitative estimate of drug-likeness (QED) is 0.0274. The van der Waals surface area contributed by atoms with Gasteiger partial charge in [-0.1, -0.05) is 181 Å². The Bertz CT molecular complexity index is 778. The van der Waals surface area contributed by atoms with E-state index in [0.29, 0.717) is 19.3 Å². The molecule has 6 nitrogen and oxygen atoms in total. The highest BCUT2D eigenvalue weighted by atomic mass is 16.6. The van der Waals surface area contributed by atoms with Crippen LogP contribution in [0.1, 0.15) is 233 Å². The van der Waals surface area contributed by atoms with E-state index in [1.54, 1.807) is 0 Å². The summed E-state index contributed by atoms with van der Waals surface area (Å²) < 4.78 is 16.6. The lowest BCUT2D eigenvalue weighted by atomic mass is 10.1. The molecule has 1 atom stereocenters. The highest BCUT2D eigenvalue weighted by Gasteiger charge is 2.19. The summed E-state index contributed by atoms with van der Waals surface area (Å²) in [4.78, 5) is 37.4. The van der Waals surface area contributed by atoms with E-state index < -0.39 is 6.10 Å². The van der Waals surface area contributed by atoms with Crippen molar-refractivity contribution in [3.05, 3.63) is 12.2 Å². The first kappa shape index (κ1) is 48.1. The second-order valence-corrected chi connectivity index (χ2v) is 14.6. The van der Waals surface area contributed by atoms with Gasteiger partial charge in [-0.3, -0.25) is 14.4 Å². The molecular weight excluding hydrogens is 624 g/mol. The van der Waals surface area contributed by atoms with Crippen molar-refractivity contribution in [3.8, 4) is 0 Å². The molecule has 6 heteroatoms. The van der Waals surface area contributed by atoms with Gasteiger partial charge in [0.15, 0.2) is 6.10 Å². The third-order valence-corrected chi connectivity index (χ3v) is 9.52. The van der Waals surface area contributed by atoms with E-state index >= 15 is 0 Å². The van der Waals surface area contributed by atoms with E-state index in [1.165, 1.54) is 128 Å². The molecule has 0 aliphatic heterocycles. The zero-order valence-corrected chi connectivity index (χ0v) is 33.4. The number of hydrogen-bond donors (Lipinski definition) is 0. The van der Waals surface area contributed by atoms with Gasteiger partial charge in [0, 0.05) is 19.3 Å². The van der Waals surface area contributed by atoms with E-state index in [0.717, 1.165) is 64.2 Å². The first-order chi connectivity index (χ1) is 24.5. The van der Waals surface area contributed by atoms with Gasteiger partial charge in [-0.25, -0.2) is 0 Å². The molecule has 0 aliphatic carbocycles. The van der Waals surface area contributed by atoms with Crippen LogP contribution in [-0.2, 0) is 28.6 Å². The van der Waals surface area contributed by atoms with E-state index in [-0.39, 0.29) is 31.1 Å². The second-order valence-electron chi connectivity index (χ2n) is 14.6. The second kappa shape index (κ2) is 39.9. The summed E-state index contributed by atoms with van der Waals surface area (Å²) in [7, 11) is 0. The van der Waals surface area contributed by atoms with Gasteiger partial charge in [-0.05, 0) is 44.9 Å². The zero-order chi connectivity index (χ0) is 36.6. The number of carbonyl (C=O) groups excluding carboxylic acids is 3. The van der Waals surface area contributed by atoms with Gasteiger partial charge in [0.25, 0.3) is 0 Å². The molecule has 0 saturated heterocycles. The maximum Gasteiger partial charge on any atom is 0.306 e. The number of hydrogen-bond acceptors (Lipinski definition) is 6. The van der Waals surface area contributed by atoms with Crippen LogP contribution in [0.5, 0.6) is 0 Å². The van der Waals surface area contributed by atoms with Crippen molar-refractivity contribution in [3.63, 3.8) is 0 Å². The standard InChI is InChI=1S/C44H82O6/c1-4-7-10-13-16-18-20-21-22-23-24-25-27-28-31-34-37-43(46)49-40-41(39-48-42(45)36-33-30-15-12-9-6-3)50-44(47)38-35-32-29-26-19-17-14-11-8-5-2/h22-23,41H,4-21,24-40H2,1-3H3/b23-22-. The Morgan fingerprint density at radius 2 is 0.660 bits per heavy atom. The number of esters is 3. The Morgan fingerprint density at radius 3 is 1.00 bits per heavy atom. The lowest BCUT2D eigenvalue weighted by Crippen LogP contribution is -2.30. The summed E-state index contributed by atoms with van der Waals surface area (Å²) in [5, 5.41) is 0. The lowest BCUT2D eigenvalue weighted by molar-refractivity contribution is -0.167. The van der Waals surface area contributed by atoms with E-state index in [2.05, 4.69) is 32.9 Å². The number of carbonyl (C=O) groups is 3. The van der Waals surface area contributed by atoms with Gasteiger partial charge in [-0.2, -0.15) is 0 Å². The van der Waals surface area contributed by atoms with E-state index in [4.69, 9.17) is 14.2 Å². The molecule has 1 unspecified atom stereocenters. The Hall–Kier alpha value is -1.85. The molecule has 0 fully saturated rings. The maximum atomic E-state index is 12.6. The minimum Gasteiger partial charge on any atom is -0.462 e. The molecule has 0 rings (SSSR count). The number of rotatable bonds is 39. The average Bonchev–Trinajstić information content (AvgIpc) is 3.11. The minimum atomic E-state index is -0.762. The predicted octanol–water partition coefficient (Wildman–Crippen LogP) is 13.5. The van der Waals surface area contributed by atoms with Gasteiger partial charge < -0.3 is 14.2 Å². The molecule has 0 heterocycles. The Balaban J connectivity index is 4.24. The molecule has 0 bridgehead atoms. The van der Waals surface area contributed by atoms with E-state index in [1.807, 2.05) is 0 Å². The summed E-state index contributed by atoms with van der Waals surface area (Å²) in [6.07, 6.45) is 40.7. The molecule has 0 aliphatic rings. The zero-order valence-electron chi connectivity index (χ0n) is 33.4. The van der Waals surface area contributed by atoms with Crippen LogP contribution in [0.15, 0.2) is 12.2 Å². The summed E-state index contributed by atoms with van der Waals surface area (Å²) >= 11 is 0. The molecule has 0 amide bonds. The van der Waals surface area contributed by atoms with Gasteiger partial charge in [0.05, 0.1) is 0 Å². The number of ether oxygens (including phenoxy) is 3. The van der Waals surface area contributed by atoms with Crippen LogP contribution in [-0.4, -0.2) is 37.2 Å². The van der Waals surface area contributed by atoms with Gasteiger partial charge in [0.2, 0.25) is 0 Å². The predicted molar refractivity (Wildman–Crippen MR) is 210 cm³/mol. The SMILES string of the molecule is CCCCCCCCC/C=C\CCCCCCCC(=O)OCC(COC(=O)CCCCCCCC)OC(=O)CCCCCCCCCCCC. The largest absolute Gasteiger partial charge is 0.462 e. The van der Waals surface area contributed by atoms with Crippen LogP contribution in [0.2, 0.25) is 0 Å². The summed E-state index contributed by atoms with van der Waals surface area (Å²) in [6.45, 7) is 6.55. The molecule has 50 heavy (non-hydrogen) atoms. The Kier molecular flexibility index (Phi) is 38.5. The normalized spacial score (nSPS) is 12.0. The van der Waals surface area contributed by atoms with Crippen LogP contribution >= 0.6 is 0 Å². The lowest BCUT2D eigenvalue weighted by Gasteiger charge is -2.18. The van der Waals surface area contributed by atoms with Crippen molar-refractivity contribution in [1.29, 1.82) is 0 Å². The Morgan fingerprint density at radius 1 is 0.380 bits per heavy atom. The van der Waals surface area contributed by atoms with Crippen LogP contribution in [0.25, 0.3) is 0 Å². The summed E-state index contributed by atoms with van der Waals surface area (Å²) in [5.74, 6) is -0.885. The first-order valence-electron chi connectivity index (χ1n) is 21.7. The highest BCUT2D eigenvalue weighted by molar-refractivity contribution is 5.71. The molecule has 0 radical (unpaired) electrons. The van der Waals surface area contributed by atoms with Crippen LogP contribution in [0.4, 0.5) is 0 Å². The average molecular weight is 707 g/mol. The third kappa shape index (κ3) is 37.4. The topological polar surface area (TPSA) is 78.9 Å². The number of allylic oxidation sites excluding steroid dienone is 2. The van der Waals surface area contributed by atoms with Gasteiger partial charge in [-0.15, -0.1) is 0 Å². The smallest absolute Gasteiger partial charge is 0.306 e. The summed E-state index contributed by atoms with van der Waals surface area (Å²) in [5.41, 5.74) is 0. The first-order valence-corrected chi connectivity index (χ1v) is 21.7. The van der Waals surface area contributed by atoms with Gasteiger partial charge in [0.1, 0.15) is 13.2 Å². The fourth-order valence-corrected chi connectivity index (χ4v) is 6.20. The van der Waals surface area contributed by atoms with Crippen molar-refractivity contribution in [2.24, 2.45) is 0 Å². The molecule has 0 aromatic carbocycles. The number of unbranched alkanes of at least 4 members (excludes halogenated alkanes) is 26. The fraction of sp³-hybridized carbons (Fsp3) is 0.886. The van der Waals surface area contributed by atoms with Crippen molar-refractivity contribution >= 4 is 17.9 Å². The molecule has 0 aromatic heterocycles. The highest BCUT2D eigenvalue weighted by Crippen LogP contribution is 2.14.